The number of carbonyl (C=O) groups is 1. The van der Waals surface area contributed by atoms with Crippen LogP contribution in [0.4, 0.5) is 0 Å². The molecule has 1 heterocycles. The molecule has 1 aliphatic rings. The molecule has 0 aromatic carbocycles. The zero-order chi connectivity index (χ0) is 9.68. The first-order valence-corrected chi connectivity index (χ1v) is 5.49. The van der Waals surface area contributed by atoms with Crippen LogP contribution in [0.3, 0.4) is 0 Å². The van der Waals surface area contributed by atoms with Crippen molar-refractivity contribution >= 4 is 5.78 Å². The van der Waals surface area contributed by atoms with Crippen molar-refractivity contribution in [3.05, 3.63) is 0 Å². The summed E-state index contributed by atoms with van der Waals surface area (Å²) in [5.74, 6) is 0.413. The first-order chi connectivity index (χ1) is 6.24. The van der Waals surface area contributed by atoms with Crippen LogP contribution < -0.4 is 0 Å². The van der Waals surface area contributed by atoms with Crippen LogP contribution in [0.1, 0.15) is 46.0 Å². The highest BCUT2D eigenvalue weighted by atomic mass is 16.1. The lowest BCUT2D eigenvalue weighted by Gasteiger charge is -2.32. The maximum Gasteiger partial charge on any atom is 0.146 e. The molecule has 76 valence electrons. The molecule has 1 unspecified atom stereocenters. The van der Waals surface area contributed by atoms with E-state index in [0.717, 1.165) is 19.4 Å². The van der Waals surface area contributed by atoms with Crippen molar-refractivity contribution in [1.82, 2.24) is 4.90 Å². The summed E-state index contributed by atoms with van der Waals surface area (Å²) in [7, 11) is 0. The minimum absolute atomic E-state index is 0.413. The van der Waals surface area contributed by atoms with Crippen molar-refractivity contribution in [2.45, 2.75) is 52.0 Å². The van der Waals surface area contributed by atoms with E-state index < -0.39 is 0 Å². The van der Waals surface area contributed by atoms with Gasteiger partial charge in [0.1, 0.15) is 5.78 Å². The average Bonchev–Trinajstić information content (AvgIpc) is 2.09. The summed E-state index contributed by atoms with van der Waals surface area (Å²) < 4.78 is 0. The molecule has 0 saturated carbocycles. The first kappa shape index (κ1) is 10.7. The van der Waals surface area contributed by atoms with E-state index in [2.05, 4.69) is 18.7 Å². The second-order valence-electron chi connectivity index (χ2n) is 4.10. The molecule has 0 radical (unpaired) electrons. The van der Waals surface area contributed by atoms with Crippen molar-refractivity contribution in [2.24, 2.45) is 0 Å². The molecular weight excluding hydrogens is 162 g/mol. The number of carbonyl (C=O) groups excluding carboxylic acids is 1. The lowest BCUT2D eigenvalue weighted by atomic mass is 10.0. The van der Waals surface area contributed by atoms with Gasteiger partial charge < -0.3 is 0 Å². The summed E-state index contributed by atoms with van der Waals surface area (Å²) >= 11 is 0. The number of likely N-dealkylation sites (tertiary alicyclic amines) is 1. The number of nitrogens with zero attached hydrogens (tertiary/aromatic N) is 1. The highest BCUT2D eigenvalue weighted by Crippen LogP contribution is 2.16. The van der Waals surface area contributed by atoms with Crippen LogP contribution in [0.15, 0.2) is 0 Å². The third kappa shape index (κ3) is 3.47. The van der Waals surface area contributed by atoms with Gasteiger partial charge >= 0.3 is 0 Å². The Balaban J connectivity index is 2.29. The predicted octanol–water partition coefficient (Wildman–Crippen LogP) is 2.23. The van der Waals surface area contributed by atoms with Crippen LogP contribution in [-0.2, 0) is 4.79 Å². The number of rotatable bonds is 4. The molecule has 0 amide bonds. The average molecular weight is 183 g/mol. The quantitative estimate of drug-likeness (QED) is 0.666. The van der Waals surface area contributed by atoms with Crippen molar-refractivity contribution in [1.29, 1.82) is 0 Å². The van der Waals surface area contributed by atoms with Gasteiger partial charge in [0, 0.05) is 12.5 Å². The van der Waals surface area contributed by atoms with Crippen LogP contribution in [-0.4, -0.2) is 29.8 Å². The zero-order valence-corrected chi connectivity index (χ0v) is 8.88. The van der Waals surface area contributed by atoms with E-state index in [0.29, 0.717) is 18.4 Å². The van der Waals surface area contributed by atoms with Crippen LogP contribution in [0.2, 0.25) is 0 Å². The van der Waals surface area contributed by atoms with E-state index in [4.69, 9.17) is 0 Å². The summed E-state index contributed by atoms with van der Waals surface area (Å²) in [6.45, 7) is 6.11. The number of hydrogen-bond acceptors (Lipinski definition) is 2. The van der Waals surface area contributed by atoms with Gasteiger partial charge in [-0.15, -0.1) is 0 Å². The van der Waals surface area contributed by atoms with E-state index >= 15 is 0 Å². The van der Waals surface area contributed by atoms with Gasteiger partial charge in [-0.05, 0) is 32.7 Å². The van der Waals surface area contributed by atoms with Crippen molar-refractivity contribution in [3.8, 4) is 0 Å². The van der Waals surface area contributed by atoms with E-state index in [-0.39, 0.29) is 0 Å². The molecule has 1 aliphatic heterocycles. The standard InChI is InChI=1S/C11H21NO/c1-3-6-11(13)9-12-8-5-4-7-10(12)2/h10H,3-9H2,1-2H3. The SMILES string of the molecule is CCCC(=O)CN1CCCCC1C. The molecule has 1 rings (SSSR count). The Hall–Kier alpha value is -0.370. The molecular formula is C11H21NO. The van der Waals surface area contributed by atoms with Crippen molar-refractivity contribution < 1.29 is 4.79 Å². The Morgan fingerprint density at radius 1 is 1.46 bits per heavy atom. The fourth-order valence-electron chi connectivity index (χ4n) is 1.98. The highest BCUT2D eigenvalue weighted by molar-refractivity contribution is 5.80. The summed E-state index contributed by atoms with van der Waals surface area (Å²) in [5, 5.41) is 0. The Morgan fingerprint density at radius 3 is 2.85 bits per heavy atom. The maximum absolute atomic E-state index is 11.4. The van der Waals surface area contributed by atoms with Crippen molar-refractivity contribution in [3.63, 3.8) is 0 Å². The molecule has 1 fully saturated rings. The van der Waals surface area contributed by atoms with E-state index in [9.17, 15) is 4.79 Å². The molecule has 1 saturated heterocycles. The number of hydrogen-bond donors (Lipinski definition) is 0. The van der Waals surface area contributed by atoms with E-state index in [1.807, 2.05) is 0 Å². The molecule has 0 aromatic heterocycles. The molecule has 1 atom stereocenters. The second kappa shape index (κ2) is 5.38. The van der Waals surface area contributed by atoms with Gasteiger partial charge in [0.15, 0.2) is 0 Å². The first-order valence-electron chi connectivity index (χ1n) is 5.49. The molecule has 2 nitrogen and oxygen atoms in total. The number of ketones is 1. The molecule has 0 spiro atoms. The molecule has 13 heavy (non-hydrogen) atoms. The highest BCUT2D eigenvalue weighted by Gasteiger charge is 2.19. The van der Waals surface area contributed by atoms with Gasteiger partial charge in [-0.2, -0.15) is 0 Å². The Labute approximate surface area is 81.3 Å². The molecule has 0 N–H and O–H groups in total. The number of piperidine rings is 1. The Morgan fingerprint density at radius 2 is 2.23 bits per heavy atom. The van der Waals surface area contributed by atoms with Crippen molar-refractivity contribution in [2.75, 3.05) is 13.1 Å². The Bertz CT molecular complexity index is 167. The lowest BCUT2D eigenvalue weighted by Crippen LogP contribution is -2.40. The largest absolute Gasteiger partial charge is 0.298 e. The van der Waals surface area contributed by atoms with Gasteiger partial charge in [-0.1, -0.05) is 13.3 Å². The van der Waals surface area contributed by atoms with Crippen LogP contribution in [0, 0.1) is 0 Å². The summed E-state index contributed by atoms with van der Waals surface area (Å²) in [6.07, 6.45) is 5.60. The Kier molecular flexibility index (Phi) is 4.43. The summed E-state index contributed by atoms with van der Waals surface area (Å²) in [5.41, 5.74) is 0. The molecule has 0 aliphatic carbocycles. The molecule has 0 aromatic rings. The second-order valence-corrected chi connectivity index (χ2v) is 4.10. The minimum Gasteiger partial charge on any atom is -0.298 e. The fourth-order valence-corrected chi connectivity index (χ4v) is 1.98. The summed E-state index contributed by atoms with van der Waals surface area (Å²) in [4.78, 5) is 13.7. The molecule has 2 heteroatoms. The maximum atomic E-state index is 11.4. The minimum atomic E-state index is 0.413. The van der Waals surface area contributed by atoms with Crippen LogP contribution in [0.25, 0.3) is 0 Å². The van der Waals surface area contributed by atoms with E-state index in [1.54, 1.807) is 0 Å². The van der Waals surface area contributed by atoms with E-state index in [1.165, 1.54) is 19.3 Å². The third-order valence-corrected chi connectivity index (χ3v) is 2.85. The van der Waals surface area contributed by atoms with Gasteiger partial charge in [-0.25, -0.2) is 0 Å². The zero-order valence-electron chi connectivity index (χ0n) is 8.88. The monoisotopic (exact) mass is 183 g/mol. The smallest absolute Gasteiger partial charge is 0.146 e. The lowest BCUT2D eigenvalue weighted by molar-refractivity contribution is -0.121. The van der Waals surface area contributed by atoms with Gasteiger partial charge in [0.25, 0.3) is 0 Å². The van der Waals surface area contributed by atoms with Gasteiger partial charge in [0.05, 0.1) is 6.54 Å². The van der Waals surface area contributed by atoms with Crippen LogP contribution >= 0.6 is 0 Å². The van der Waals surface area contributed by atoms with Gasteiger partial charge in [0.2, 0.25) is 0 Å². The molecule has 0 bridgehead atoms. The van der Waals surface area contributed by atoms with Gasteiger partial charge in [-0.3, -0.25) is 9.69 Å². The normalized spacial score (nSPS) is 24.6. The topological polar surface area (TPSA) is 20.3 Å². The van der Waals surface area contributed by atoms with Crippen LogP contribution in [0.5, 0.6) is 0 Å². The number of Topliss-reactive ketones (excluding diaryl/α,β-unsaturated/α-hetero) is 1. The summed E-state index contributed by atoms with van der Waals surface area (Å²) in [6, 6.07) is 0.620. The predicted molar refractivity (Wildman–Crippen MR) is 54.8 cm³/mol. The fraction of sp³-hybridized carbons (Fsp3) is 0.909. The third-order valence-electron chi connectivity index (χ3n) is 2.85.